The zero-order valence-corrected chi connectivity index (χ0v) is 10.2. The quantitative estimate of drug-likeness (QED) is 0.726. The number of aliphatic hydroxyl groups excluding tert-OH is 2. The minimum absolute atomic E-state index is 0.440. The summed E-state index contributed by atoms with van der Waals surface area (Å²) in [6, 6.07) is 9.57. The average Bonchev–Trinajstić information content (AvgIpc) is 2.37. The van der Waals surface area contributed by atoms with Crippen molar-refractivity contribution in [1.29, 1.82) is 0 Å². The summed E-state index contributed by atoms with van der Waals surface area (Å²) in [6.45, 7) is 0. The van der Waals surface area contributed by atoms with Gasteiger partial charge in [-0.1, -0.05) is 24.3 Å². The predicted octanol–water partition coefficient (Wildman–Crippen LogP) is 1.95. The summed E-state index contributed by atoms with van der Waals surface area (Å²) in [5.74, 6) is 0.531. The van der Waals surface area contributed by atoms with E-state index in [-0.39, 0.29) is 0 Å². The van der Waals surface area contributed by atoms with E-state index in [0.717, 1.165) is 10.8 Å². The van der Waals surface area contributed by atoms with Crippen LogP contribution < -0.4 is 0 Å². The Morgan fingerprint density at radius 3 is 2.71 bits per heavy atom. The van der Waals surface area contributed by atoms with Crippen LogP contribution in [0.4, 0.5) is 0 Å². The van der Waals surface area contributed by atoms with Gasteiger partial charge in [0.25, 0.3) is 0 Å². The molecule has 0 spiro atoms. The van der Waals surface area contributed by atoms with Gasteiger partial charge in [-0.15, -0.1) is 0 Å². The highest BCUT2D eigenvalue weighted by Gasteiger charge is 2.20. The molecule has 1 heterocycles. The van der Waals surface area contributed by atoms with Crippen LogP contribution in [0, 0.1) is 0 Å². The van der Waals surface area contributed by atoms with E-state index in [9.17, 15) is 10.2 Å². The molecule has 2 unspecified atom stereocenters. The van der Waals surface area contributed by atoms with Crippen LogP contribution in [0.25, 0.3) is 10.8 Å². The SMILES string of the molecule is OC(CCS)C(O)c1nccc2ccccc12. The lowest BCUT2D eigenvalue weighted by Crippen LogP contribution is -2.19. The molecule has 2 atom stereocenters. The number of benzene rings is 1. The fourth-order valence-corrected chi connectivity index (χ4v) is 2.12. The van der Waals surface area contributed by atoms with Gasteiger partial charge in [-0.2, -0.15) is 12.6 Å². The second kappa shape index (κ2) is 5.49. The molecule has 0 aliphatic rings. The topological polar surface area (TPSA) is 53.4 Å². The molecule has 0 aliphatic carbocycles. The molecule has 90 valence electrons. The van der Waals surface area contributed by atoms with E-state index in [1.807, 2.05) is 30.3 Å². The Labute approximate surface area is 106 Å². The summed E-state index contributed by atoms with van der Waals surface area (Å²) in [4.78, 5) is 4.18. The molecule has 0 fully saturated rings. The molecule has 0 aliphatic heterocycles. The molecular weight excluding hydrogens is 234 g/mol. The third-order valence-corrected chi connectivity index (χ3v) is 3.03. The van der Waals surface area contributed by atoms with E-state index in [0.29, 0.717) is 17.9 Å². The molecule has 2 N–H and O–H groups in total. The average molecular weight is 249 g/mol. The van der Waals surface area contributed by atoms with E-state index in [1.165, 1.54) is 0 Å². The number of rotatable bonds is 4. The van der Waals surface area contributed by atoms with Crippen molar-refractivity contribution in [1.82, 2.24) is 4.98 Å². The normalized spacial score (nSPS) is 14.8. The van der Waals surface area contributed by atoms with Crippen molar-refractivity contribution >= 4 is 23.4 Å². The molecule has 2 aromatic rings. The molecule has 0 saturated carbocycles. The zero-order valence-electron chi connectivity index (χ0n) is 9.32. The van der Waals surface area contributed by atoms with Gasteiger partial charge in [-0.05, 0) is 23.6 Å². The van der Waals surface area contributed by atoms with Crippen LogP contribution in [0.1, 0.15) is 18.2 Å². The van der Waals surface area contributed by atoms with Crippen LogP contribution >= 0.6 is 12.6 Å². The summed E-state index contributed by atoms with van der Waals surface area (Å²) < 4.78 is 0. The molecule has 2 rings (SSSR count). The van der Waals surface area contributed by atoms with Gasteiger partial charge in [0.15, 0.2) is 0 Å². The van der Waals surface area contributed by atoms with Crippen molar-refractivity contribution in [3.63, 3.8) is 0 Å². The second-order valence-electron chi connectivity index (χ2n) is 3.94. The summed E-state index contributed by atoms with van der Waals surface area (Å²) in [5.41, 5.74) is 0.525. The third kappa shape index (κ3) is 2.60. The molecule has 0 bridgehead atoms. The number of pyridine rings is 1. The van der Waals surface area contributed by atoms with Gasteiger partial charge in [0, 0.05) is 11.6 Å². The number of hydrogen-bond acceptors (Lipinski definition) is 4. The lowest BCUT2D eigenvalue weighted by atomic mass is 10.0. The Balaban J connectivity index is 2.41. The van der Waals surface area contributed by atoms with Crippen LogP contribution in [0.5, 0.6) is 0 Å². The molecular formula is C13H15NO2S. The molecule has 4 heteroatoms. The van der Waals surface area contributed by atoms with E-state index in [2.05, 4.69) is 17.6 Å². The van der Waals surface area contributed by atoms with Crippen LogP contribution in [0.3, 0.4) is 0 Å². The smallest absolute Gasteiger partial charge is 0.122 e. The number of thiol groups is 1. The van der Waals surface area contributed by atoms with E-state index in [4.69, 9.17) is 0 Å². The first kappa shape index (κ1) is 12.4. The predicted molar refractivity (Wildman–Crippen MR) is 71.2 cm³/mol. The lowest BCUT2D eigenvalue weighted by molar-refractivity contribution is 0.0156. The molecule has 1 aromatic heterocycles. The Bertz CT molecular complexity index is 498. The van der Waals surface area contributed by atoms with Gasteiger partial charge < -0.3 is 10.2 Å². The number of aliphatic hydroxyl groups is 2. The summed E-state index contributed by atoms with van der Waals surface area (Å²) in [7, 11) is 0. The number of nitrogens with zero attached hydrogens (tertiary/aromatic N) is 1. The summed E-state index contributed by atoms with van der Waals surface area (Å²) >= 11 is 4.05. The van der Waals surface area contributed by atoms with Crippen molar-refractivity contribution in [2.75, 3.05) is 5.75 Å². The minimum Gasteiger partial charge on any atom is -0.390 e. The first-order chi connectivity index (χ1) is 8.24. The monoisotopic (exact) mass is 249 g/mol. The second-order valence-corrected chi connectivity index (χ2v) is 4.39. The number of fused-ring (bicyclic) bond motifs is 1. The van der Waals surface area contributed by atoms with Gasteiger partial charge >= 0.3 is 0 Å². The van der Waals surface area contributed by atoms with Crippen LogP contribution in [-0.2, 0) is 0 Å². The molecule has 0 radical (unpaired) electrons. The highest BCUT2D eigenvalue weighted by atomic mass is 32.1. The van der Waals surface area contributed by atoms with Gasteiger partial charge in [-0.3, -0.25) is 4.98 Å². The minimum atomic E-state index is -0.965. The molecule has 1 aromatic carbocycles. The first-order valence-electron chi connectivity index (χ1n) is 5.54. The molecule has 3 nitrogen and oxygen atoms in total. The fourth-order valence-electron chi connectivity index (χ4n) is 1.85. The largest absolute Gasteiger partial charge is 0.390 e. The van der Waals surface area contributed by atoms with Gasteiger partial charge in [0.05, 0.1) is 11.8 Å². The molecule has 0 amide bonds. The van der Waals surface area contributed by atoms with Crippen LogP contribution in [0.15, 0.2) is 36.5 Å². The maximum atomic E-state index is 10.1. The highest BCUT2D eigenvalue weighted by Crippen LogP contribution is 2.25. The van der Waals surface area contributed by atoms with Gasteiger partial charge in [0.2, 0.25) is 0 Å². The Morgan fingerprint density at radius 1 is 1.18 bits per heavy atom. The van der Waals surface area contributed by atoms with Crippen LogP contribution in [-0.4, -0.2) is 27.1 Å². The van der Waals surface area contributed by atoms with E-state index < -0.39 is 12.2 Å². The zero-order chi connectivity index (χ0) is 12.3. The maximum absolute atomic E-state index is 10.1. The first-order valence-corrected chi connectivity index (χ1v) is 6.18. The van der Waals surface area contributed by atoms with Crippen molar-refractivity contribution in [2.45, 2.75) is 18.6 Å². The Hall–Kier alpha value is -1.10. The summed E-state index contributed by atoms with van der Waals surface area (Å²) in [5, 5.41) is 21.7. The standard InChI is InChI=1S/C13H15NO2S/c15-11(6-8-17)13(16)12-10-4-2-1-3-9(10)5-7-14-12/h1-5,7,11,13,15-17H,6,8H2. The number of hydrogen-bond donors (Lipinski definition) is 3. The van der Waals surface area contributed by atoms with Gasteiger partial charge in [-0.25, -0.2) is 0 Å². The fraction of sp³-hybridized carbons (Fsp3) is 0.308. The molecule has 0 saturated heterocycles. The Kier molecular flexibility index (Phi) is 3.99. The van der Waals surface area contributed by atoms with E-state index in [1.54, 1.807) is 6.20 Å². The highest BCUT2D eigenvalue weighted by molar-refractivity contribution is 7.80. The van der Waals surface area contributed by atoms with Crippen molar-refractivity contribution in [3.05, 3.63) is 42.2 Å². The summed E-state index contributed by atoms with van der Waals surface area (Å²) in [6.07, 6.45) is 0.294. The van der Waals surface area contributed by atoms with Gasteiger partial charge in [0.1, 0.15) is 6.10 Å². The van der Waals surface area contributed by atoms with Crippen molar-refractivity contribution in [2.24, 2.45) is 0 Å². The number of aromatic nitrogens is 1. The lowest BCUT2D eigenvalue weighted by Gasteiger charge is -2.17. The van der Waals surface area contributed by atoms with Crippen LogP contribution in [0.2, 0.25) is 0 Å². The third-order valence-electron chi connectivity index (χ3n) is 2.77. The molecule has 17 heavy (non-hydrogen) atoms. The van der Waals surface area contributed by atoms with Crippen molar-refractivity contribution < 1.29 is 10.2 Å². The maximum Gasteiger partial charge on any atom is 0.122 e. The Morgan fingerprint density at radius 2 is 1.94 bits per heavy atom. The van der Waals surface area contributed by atoms with Crippen molar-refractivity contribution in [3.8, 4) is 0 Å². The van der Waals surface area contributed by atoms with E-state index >= 15 is 0 Å².